The molecule has 1 aromatic carbocycles. The summed E-state index contributed by atoms with van der Waals surface area (Å²) in [5.41, 5.74) is 2.30. The Morgan fingerprint density at radius 1 is 1.09 bits per heavy atom. The maximum atomic E-state index is 12.5. The normalized spacial score (nSPS) is 27.7. The van der Waals surface area contributed by atoms with Gasteiger partial charge in [-0.15, -0.1) is 0 Å². The molecule has 2 aromatic heterocycles. The molecule has 0 radical (unpaired) electrons. The van der Waals surface area contributed by atoms with E-state index in [1.165, 1.54) is 0 Å². The number of nitrogens with zero attached hydrogens (tertiary/aromatic N) is 6. The van der Waals surface area contributed by atoms with Crippen LogP contribution in [0.4, 0.5) is 33.9 Å². The summed E-state index contributed by atoms with van der Waals surface area (Å²) in [4.78, 5) is 33.5. The van der Waals surface area contributed by atoms with Crippen LogP contribution in [0.3, 0.4) is 0 Å². The van der Waals surface area contributed by atoms with Gasteiger partial charge in [-0.25, -0.2) is 14.8 Å². The number of ether oxygens (including phenoxy) is 3. The number of amides is 1. The molecule has 3 saturated heterocycles. The molecule has 11 heteroatoms. The van der Waals surface area contributed by atoms with Crippen LogP contribution in [0.25, 0.3) is 0 Å². The molecule has 0 spiro atoms. The van der Waals surface area contributed by atoms with Crippen molar-refractivity contribution in [1.29, 1.82) is 0 Å². The van der Waals surface area contributed by atoms with Crippen LogP contribution >= 0.6 is 0 Å². The van der Waals surface area contributed by atoms with E-state index < -0.39 is 0 Å². The summed E-state index contributed by atoms with van der Waals surface area (Å²) < 4.78 is 17.9. The van der Waals surface area contributed by atoms with Crippen molar-refractivity contribution in [2.24, 2.45) is 0 Å². The van der Waals surface area contributed by atoms with E-state index >= 15 is 0 Å². The Morgan fingerprint density at radius 2 is 1.89 bits per heavy atom. The maximum absolute atomic E-state index is 12.5. The van der Waals surface area contributed by atoms with Gasteiger partial charge in [0.05, 0.1) is 24.3 Å². The summed E-state index contributed by atoms with van der Waals surface area (Å²) >= 11 is 0. The smallest absolute Gasteiger partial charge is 0.415 e. The van der Waals surface area contributed by atoms with Crippen LogP contribution in [-0.4, -0.2) is 83.1 Å². The van der Waals surface area contributed by atoms with Gasteiger partial charge in [0.25, 0.3) is 0 Å². The highest BCUT2D eigenvalue weighted by Gasteiger charge is 2.55. The molecule has 232 valence electrons. The van der Waals surface area contributed by atoms with Crippen molar-refractivity contribution in [2.75, 3.05) is 48.5 Å². The molecule has 3 fully saturated rings. The molecule has 1 amide bonds. The fourth-order valence-electron chi connectivity index (χ4n) is 6.93. The van der Waals surface area contributed by atoms with Crippen LogP contribution in [0.2, 0.25) is 0 Å². The zero-order chi connectivity index (χ0) is 30.8. The van der Waals surface area contributed by atoms with Crippen molar-refractivity contribution in [3.63, 3.8) is 0 Å². The van der Waals surface area contributed by atoms with Crippen molar-refractivity contribution in [3.05, 3.63) is 53.7 Å². The minimum atomic E-state index is -0.378. The van der Waals surface area contributed by atoms with Crippen molar-refractivity contribution in [2.45, 2.75) is 76.7 Å². The third kappa shape index (κ3) is 5.01. The molecule has 11 nitrogen and oxygen atoms in total. The van der Waals surface area contributed by atoms with Crippen molar-refractivity contribution in [3.8, 4) is 5.75 Å². The molecular weight excluding hydrogens is 558 g/mol. The summed E-state index contributed by atoms with van der Waals surface area (Å²) in [5.74, 6) is 3.48. The van der Waals surface area contributed by atoms with Gasteiger partial charge < -0.3 is 29.3 Å². The molecule has 4 atom stereocenters. The lowest BCUT2D eigenvalue weighted by molar-refractivity contribution is -0.0893. The van der Waals surface area contributed by atoms with Gasteiger partial charge in [-0.05, 0) is 83.5 Å². The zero-order valence-corrected chi connectivity index (χ0v) is 26.3. The van der Waals surface area contributed by atoms with E-state index in [0.29, 0.717) is 25.0 Å². The van der Waals surface area contributed by atoms with E-state index in [9.17, 15) is 4.79 Å². The minimum absolute atomic E-state index is 0.0322. The number of fused-ring (bicyclic) bond motifs is 3. The Morgan fingerprint density at radius 3 is 2.59 bits per heavy atom. The number of cyclic esters (lactones) is 1. The van der Waals surface area contributed by atoms with E-state index in [2.05, 4.69) is 55.9 Å². The highest BCUT2D eigenvalue weighted by molar-refractivity contribution is 5.89. The standard InChI is InChI=1S/C33H41N7O4/c1-20-14-22(10-11-25(20)44-23-12-13-38(6)17-23)35-30-34-16-24-29(37-30)40(26-15-32(3,4)43-19-33(24,26)5)28-9-7-8-27(36-28)39-21(2)18-42-31(39)41/h7-11,14,16,21,23,26H,12-13,15,17-19H2,1-6H3,(H,34,35,37)/t21-,23-,26+,33+/m0/s1. The fraction of sp³-hybridized carbons (Fsp3) is 0.515. The largest absolute Gasteiger partial charge is 0.489 e. The molecule has 0 unspecified atom stereocenters. The summed E-state index contributed by atoms with van der Waals surface area (Å²) in [6.07, 6.45) is 3.57. The van der Waals surface area contributed by atoms with Gasteiger partial charge in [0.2, 0.25) is 5.95 Å². The Labute approximate surface area is 258 Å². The van der Waals surface area contributed by atoms with Crippen LogP contribution in [0.1, 0.15) is 51.7 Å². The first-order valence-corrected chi connectivity index (χ1v) is 15.5. The predicted octanol–water partition coefficient (Wildman–Crippen LogP) is 5.33. The van der Waals surface area contributed by atoms with E-state index in [1.54, 1.807) is 4.90 Å². The summed E-state index contributed by atoms with van der Waals surface area (Å²) in [5, 5.41) is 3.42. The number of aryl methyl sites for hydroxylation is 1. The van der Waals surface area contributed by atoms with Crippen molar-refractivity contribution < 1.29 is 19.0 Å². The van der Waals surface area contributed by atoms with E-state index in [4.69, 9.17) is 29.2 Å². The highest BCUT2D eigenvalue weighted by atomic mass is 16.6. The third-order valence-corrected chi connectivity index (χ3v) is 9.48. The number of likely N-dealkylation sites (N-methyl/N-ethyl adjacent to an activating group) is 1. The van der Waals surface area contributed by atoms with Crippen LogP contribution in [0.15, 0.2) is 42.6 Å². The molecule has 6 heterocycles. The van der Waals surface area contributed by atoms with Crippen LogP contribution in [-0.2, 0) is 14.9 Å². The van der Waals surface area contributed by atoms with Crippen LogP contribution < -0.4 is 19.9 Å². The number of benzene rings is 1. The molecule has 0 bridgehead atoms. The van der Waals surface area contributed by atoms with E-state index in [1.807, 2.05) is 43.5 Å². The molecular formula is C33H41N7O4. The number of hydrogen-bond acceptors (Lipinski definition) is 10. The molecule has 4 aliphatic rings. The summed E-state index contributed by atoms with van der Waals surface area (Å²) in [6, 6.07) is 11.8. The molecule has 44 heavy (non-hydrogen) atoms. The van der Waals surface area contributed by atoms with Gasteiger partial charge in [0, 0.05) is 36.0 Å². The lowest BCUT2D eigenvalue weighted by Crippen LogP contribution is -2.54. The monoisotopic (exact) mass is 599 g/mol. The quantitative estimate of drug-likeness (QED) is 0.400. The molecule has 3 aromatic rings. The minimum Gasteiger partial charge on any atom is -0.489 e. The van der Waals surface area contributed by atoms with Crippen LogP contribution in [0.5, 0.6) is 5.75 Å². The summed E-state index contributed by atoms with van der Waals surface area (Å²) in [6.45, 7) is 13.4. The fourth-order valence-corrected chi connectivity index (χ4v) is 6.93. The Balaban J connectivity index is 1.22. The third-order valence-electron chi connectivity index (χ3n) is 9.48. The van der Waals surface area contributed by atoms with Gasteiger partial charge >= 0.3 is 6.09 Å². The first kappa shape index (κ1) is 28.8. The molecule has 7 rings (SSSR count). The average molecular weight is 600 g/mol. The van der Waals surface area contributed by atoms with Crippen molar-refractivity contribution >= 4 is 35.2 Å². The number of nitrogens with one attached hydrogen (secondary N) is 1. The first-order chi connectivity index (χ1) is 21.0. The molecule has 0 aliphatic carbocycles. The lowest BCUT2D eigenvalue weighted by atomic mass is 9.73. The number of aromatic nitrogens is 3. The lowest BCUT2D eigenvalue weighted by Gasteiger charge is -2.46. The topological polar surface area (TPSA) is 105 Å². The number of rotatable bonds is 6. The predicted molar refractivity (Wildman–Crippen MR) is 168 cm³/mol. The zero-order valence-electron chi connectivity index (χ0n) is 26.3. The highest BCUT2D eigenvalue weighted by Crippen LogP contribution is 2.53. The Hall–Kier alpha value is -3.96. The Kier molecular flexibility index (Phi) is 6.93. The molecule has 1 N–H and O–H groups in total. The number of hydrogen-bond donors (Lipinski definition) is 1. The second kappa shape index (κ2) is 10.6. The SMILES string of the molecule is Cc1cc(Nc2ncc3c(n2)N(c2cccc(N4C(=O)OC[C@@H]4C)n2)[C@@H]2CC(C)(C)OC[C@]32C)ccc1O[C@H]1CCN(C)C1. The number of carbonyl (C=O) groups is 1. The van der Waals surface area contributed by atoms with Crippen molar-refractivity contribution in [1.82, 2.24) is 19.9 Å². The van der Waals surface area contributed by atoms with E-state index in [-0.39, 0.29) is 35.3 Å². The number of likely N-dealkylation sites (tertiary alicyclic amines) is 1. The average Bonchev–Trinajstić information content (AvgIpc) is 3.62. The van der Waals surface area contributed by atoms with Crippen LogP contribution in [0, 0.1) is 6.92 Å². The second-order valence-corrected chi connectivity index (χ2v) is 13.5. The first-order valence-electron chi connectivity index (χ1n) is 15.5. The van der Waals surface area contributed by atoms with E-state index in [0.717, 1.165) is 60.1 Å². The maximum Gasteiger partial charge on any atom is 0.415 e. The summed E-state index contributed by atoms with van der Waals surface area (Å²) in [7, 11) is 2.13. The van der Waals surface area contributed by atoms with Gasteiger partial charge in [-0.1, -0.05) is 13.0 Å². The van der Waals surface area contributed by atoms with Gasteiger partial charge in [0.15, 0.2) is 0 Å². The van der Waals surface area contributed by atoms with Gasteiger partial charge in [-0.3, -0.25) is 4.90 Å². The number of anilines is 5. The molecule has 0 saturated carbocycles. The second-order valence-electron chi connectivity index (χ2n) is 13.5. The van der Waals surface area contributed by atoms with Gasteiger partial charge in [0.1, 0.15) is 35.9 Å². The number of carbonyl (C=O) groups excluding carboxylic acids is 1. The molecule has 4 aliphatic heterocycles. The van der Waals surface area contributed by atoms with Gasteiger partial charge in [-0.2, -0.15) is 4.98 Å². The Bertz CT molecular complexity index is 1600. The number of pyridine rings is 1.